The number of benzene rings is 1. The maximum absolute atomic E-state index is 14.9. The maximum Gasteiger partial charge on any atom is 0.164 e. The molecule has 0 heterocycles. The van der Waals surface area contributed by atoms with Gasteiger partial charge in [0.25, 0.3) is 0 Å². The maximum atomic E-state index is 14.9. The van der Waals surface area contributed by atoms with E-state index in [4.69, 9.17) is 0 Å². The van der Waals surface area contributed by atoms with Crippen molar-refractivity contribution in [1.82, 2.24) is 0 Å². The first-order valence-electron chi connectivity index (χ1n) is 8.09. The summed E-state index contributed by atoms with van der Waals surface area (Å²) in [5, 5.41) is 0. The van der Waals surface area contributed by atoms with Crippen LogP contribution in [0.3, 0.4) is 0 Å². The van der Waals surface area contributed by atoms with E-state index in [1.807, 2.05) is 36.4 Å². The molecule has 1 aromatic rings. The minimum Gasteiger partial charge on any atom is -0.294 e. The van der Waals surface area contributed by atoms with E-state index in [1.54, 1.807) is 6.08 Å². The van der Waals surface area contributed by atoms with Crippen LogP contribution in [0, 0.1) is 23.2 Å². The molecule has 0 aromatic heterocycles. The molecule has 3 unspecified atom stereocenters. The standard InChI is InChI=1S/C19H21FO/c20-18-16-9-14-8-15(10-16)12-19(18,11-14)17(21)7-6-13-4-2-1-3-5-13/h1-7,14-16,18H,8-12H2/b7-6+. The van der Waals surface area contributed by atoms with Gasteiger partial charge in [-0.2, -0.15) is 0 Å². The van der Waals surface area contributed by atoms with Crippen LogP contribution < -0.4 is 0 Å². The van der Waals surface area contributed by atoms with Gasteiger partial charge in [-0.3, -0.25) is 4.79 Å². The van der Waals surface area contributed by atoms with E-state index in [0.29, 0.717) is 11.8 Å². The van der Waals surface area contributed by atoms with Crippen molar-refractivity contribution in [3.63, 3.8) is 0 Å². The molecule has 0 amide bonds. The second kappa shape index (κ2) is 4.79. The first-order valence-corrected chi connectivity index (χ1v) is 8.09. The fourth-order valence-corrected chi connectivity index (χ4v) is 5.22. The Kier molecular flexibility index (Phi) is 3.02. The van der Waals surface area contributed by atoms with Crippen LogP contribution in [-0.4, -0.2) is 12.0 Å². The van der Waals surface area contributed by atoms with E-state index in [2.05, 4.69) is 0 Å². The van der Waals surface area contributed by atoms with Crippen LogP contribution >= 0.6 is 0 Å². The Bertz CT molecular complexity index is 562. The number of carbonyl (C=O) groups is 1. The van der Waals surface area contributed by atoms with Crippen molar-refractivity contribution in [2.75, 3.05) is 0 Å². The lowest BCUT2D eigenvalue weighted by Crippen LogP contribution is -2.57. The number of halogens is 1. The van der Waals surface area contributed by atoms with Gasteiger partial charge in [-0.05, 0) is 61.5 Å². The highest BCUT2D eigenvalue weighted by atomic mass is 19.1. The second-order valence-corrected chi connectivity index (χ2v) is 7.27. The first-order chi connectivity index (χ1) is 10.2. The number of alkyl halides is 1. The molecular formula is C19H21FO. The zero-order valence-electron chi connectivity index (χ0n) is 12.2. The summed E-state index contributed by atoms with van der Waals surface area (Å²) in [6, 6.07) is 9.79. The van der Waals surface area contributed by atoms with Crippen molar-refractivity contribution in [3.05, 3.63) is 42.0 Å². The molecule has 21 heavy (non-hydrogen) atoms. The quantitative estimate of drug-likeness (QED) is 0.750. The summed E-state index contributed by atoms with van der Waals surface area (Å²) >= 11 is 0. The summed E-state index contributed by atoms with van der Waals surface area (Å²) < 4.78 is 14.9. The Morgan fingerprint density at radius 1 is 1.10 bits per heavy atom. The SMILES string of the molecule is O=C(/C=C/c1ccccc1)C12CC3CC(CC(C3)C1F)C2. The van der Waals surface area contributed by atoms with Gasteiger partial charge < -0.3 is 0 Å². The molecule has 0 spiro atoms. The third-order valence-corrected chi connectivity index (χ3v) is 5.90. The molecule has 4 saturated carbocycles. The molecule has 5 rings (SSSR count). The summed E-state index contributed by atoms with van der Waals surface area (Å²) in [7, 11) is 0. The number of rotatable bonds is 3. The lowest BCUT2D eigenvalue weighted by molar-refractivity contribution is -0.155. The molecule has 4 aliphatic carbocycles. The van der Waals surface area contributed by atoms with Crippen molar-refractivity contribution in [2.24, 2.45) is 23.2 Å². The summed E-state index contributed by atoms with van der Waals surface area (Å²) in [4.78, 5) is 12.8. The second-order valence-electron chi connectivity index (χ2n) is 7.27. The Labute approximate surface area is 125 Å². The monoisotopic (exact) mass is 284 g/mol. The van der Waals surface area contributed by atoms with Crippen LogP contribution in [0.15, 0.2) is 36.4 Å². The van der Waals surface area contributed by atoms with E-state index in [1.165, 1.54) is 6.42 Å². The van der Waals surface area contributed by atoms with Crippen molar-refractivity contribution >= 4 is 11.9 Å². The molecular weight excluding hydrogens is 263 g/mol. The number of carbonyl (C=O) groups excluding carboxylic acids is 1. The van der Waals surface area contributed by atoms with Gasteiger partial charge in [-0.25, -0.2) is 4.39 Å². The lowest BCUT2D eigenvalue weighted by atomic mass is 9.47. The van der Waals surface area contributed by atoms with E-state index in [-0.39, 0.29) is 11.7 Å². The van der Waals surface area contributed by atoms with Crippen LogP contribution in [0.2, 0.25) is 0 Å². The highest BCUT2D eigenvalue weighted by Crippen LogP contribution is 2.61. The Balaban J connectivity index is 1.60. The number of hydrogen-bond donors (Lipinski definition) is 0. The number of allylic oxidation sites excluding steroid dienone is 1. The third-order valence-electron chi connectivity index (χ3n) is 5.90. The van der Waals surface area contributed by atoms with E-state index in [9.17, 15) is 9.18 Å². The highest BCUT2D eigenvalue weighted by Gasteiger charge is 2.60. The van der Waals surface area contributed by atoms with Gasteiger partial charge in [0.2, 0.25) is 0 Å². The topological polar surface area (TPSA) is 17.1 Å². The zero-order valence-corrected chi connectivity index (χ0v) is 12.2. The molecule has 110 valence electrons. The summed E-state index contributed by atoms with van der Waals surface area (Å²) in [5.74, 6) is 1.34. The molecule has 0 aliphatic heterocycles. The Hall–Kier alpha value is -1.44. The third kappa shape index (κ3) is 2.07. The molecule has 4 aliphatic rings. The van der Waals surface area contributed by atoms with E-state index >= 15 is 0 Å². The van der Waals surface area contributed by atoms with Gasteiger partial charge in [0.15, 0.2) is 5.78 Å². The fraction of sp³-hybridized carbons (Fsp3) is 0.526. The summed E-state index contributed by atoms with van der Waals surface area (Å²) in [6.45, 7) is 0. The van der Waals surface area contributed by atoms with Gasteiger partial charge in [-0.15, -0.1) is 0 Å². The first kappa shape index (κ1) is 13.2. The summed E-state index contributed by atoms with van der Waals surface area (Å²) in [6.07, 6.45) is 7.35. The van der Waals surface area contributed by atoms with E-state index < -0.39 is 11.6 Å². The Morgan fingerprint density at radius 3 is 2.43 bits per heavy atom. The molecule has 0 saturated heterocycles. The molecule has 2 heteroatoms. The van der Waals surface area contributed by atoms with E-state index in [0.717, 1.165) is 31.2 Å². The largest absolute Gasteiger partial charge is 0.294 e. The van der Waals surface area contributed by atoms with Crippen molar-refractivity contribution in [2.45, 2.75) is 38.3 Å². The molecule has 1 nitrogen and oxygen atoms in total. The Morgan fingerprint density at radius 2 is 1.76 bits per heavy atom. The van der Waals surface area contributed by atoms with Gasteiger partial charge >= 0.3 is 0 Å². The predicted molar refractivity (Wildman–Crippen MR) is 81.4 cm³/mol. The van der Waals surface area contributed by atoms with Gasteiger partial charge in [0, 0.05) is 0 Å². The van der Waals surface area contributed by atoms with Crippen LogP contribution in [-0.2, 0) is 4.79 Å². The van der Waals surface area contributed by atoms with Gasteiger partial charge in [0.1, 0.15) is 6.17 Å². The van der Waals surface area contributed by atoms with Crippen molar-refractivity contribution < 1.29 is 9.18 Å². The minimum atomic E-state index is -0.918. The smallest absolute Gasteiger partial charge is 0.164 e. The number of hydrogen-bond acceptors (Lipinski definition) is 1. The van der Waals surface area contributed by atoms with Gasteiger partial charge in [0.05, 0.1) is 5.41 Å². The molecule has 4 bridgehead atoms. The highest BCUT2D eigenvalue weighted by molar-refractivity contribution is 5.98. The normalized spacial score (nSPS) is 40.8. The van der Waals surface area contributed by atoms with Crippen LogP contribution in [0.1, 0.15) is 37.7 Å². The average molecular weight is 284 g/mol. The predicted octanol–water partition coefficient (Wildman–Crippen LogP) is 4.43. The lowest BCUT2D eigenvalue weighted by Gasteiger charge is -2.57. The molecule has 1 aromatic carbocycles. The summed E-state index contributed by atoms with van der Waals surface area (Å²) in [5.41, 5.74) is 0.311. The number of ketones is 1. The van der Waals surface area contributed by atoms with Crippen molar-refractivity contribution in [1.29, 1.82) is 0 Å². The molecule has 0 N–H and O–H groups in total. The fourth-order valence-electron chi connectivity index (χ4n) is 5.22. The molecule has 4 fully saturated rings. The molecule has 0 radical (unpaired) electrons. The molecule has 3 atom stereocenters. The minimum absolute atomic E-state index is 0.0259. The van der Waals surface area contributed by atoms with Crippen LogP contribution in [0.5, 0.6) is 0 Å². The van der Waals surface area contributed by atoms with Gasteiger partial charge in [-0.1, -0.05) is 36.4 Å². The van der Waals surface area contributed by atoms with Crippen molar-refractivity contribution in [3.8, 4) is 0 Å². The van der Waals surface area contributed by atoms with Crippen LogP contribution in [0.25, 0.3) is 6.08 Å². The zero-order chi connectivity index (χ0) is 14.4. The average Bonchev–Trinajstić information content (AvgIpc) is 2.50. The van der Waals surface area contributed by atoms with Crippen LogP contribution in [0.4, 0.5) is 4.39 Å².